The Balaban J connectivity index is 3.53. The van der Waals surface area contributed by atoms with Crippen molar-refractivity contribution in [3.63, 3.8) is 0 Å². The van der Waals surface area contributed by atoms with E-state index in [4.69, 9.17) is 0 Å². The average Bonchev–Trinajstić information content (AvgIpc) is 2.16. The van der Waals surface area contributed by atoms with E-state index in [2.05, 4.69) is 49.9 Å². The summed E-state index contributed by atoms with van der Waals surface area (Å²) >= 11 is 0. The monoisotopic (exact) mass is 225 g/mol. The fourth-order valence-corrected chi connectivity index (χ4v) is 3.18. The van der Waals surface area contributed by atoms with Crippen LogP contribution in [-0.4, -0.2) is 20.8 Å². The summed E-state index contributed by atoms with van der Waals surface area (Å²) in [7, 11) is -1.11. The van der Waals surface area contributed by atoms with Crippen molar-refractivity contribution in [2.75, 3.05) is 6.54 Å². The van der Waals surface area contributed by atoms with E-state index in [1.165, 1.54) is 31.7 Å². The maximum Gasteiger partial charge on any atom is 0.0765 e. The highest BCUT2D eigenvalue weighted by molar-refractivity contribution is 6.84. The van der Waals surface area contributed by atoms with Crippen LogP contribution >= 0.6 is 0 Å². The third-order valence-corrected chi connectivity index (χ3v) is 4.98. The zero-order valence-corrected chi connectivity index (χ0v) is 11.9. The van der Waals surface area contributed by atoms with Crippen LogP contribution in [0.15, 0.2) is 16.8 Å². The fourth-order valence-electron chi connectivity index (χ4n) is 1.54. The van der Waals surface area contributed by atoms with E-state index in [0.29, 0.717) is 0 Å². The van der Waals surface area contributed by atoms with Crippen LogP contribution in [0.4, 0.5) is 0 Å². The number of aliphatic imine (C=N–C) groups is 1. The Hall–Kier alpha value is -0.373. The van der Waals surface area contributed by atoms with Crippen molar-refractivity contribution in [2.45, 2.75) is 58.7 Å². The predicted molar refractivity (Wildman–Crippen MR) is 74.6 cm³/mol. The molecule has 0 aliphatic carbocycles. The van der Waals surface area contributed by atoms with Crippen LogP contribution in [0.1, 0.15) is 39.5 Å². The van der Waals surface area contributed by atoms with Gasteiger partial charge in [0.1, 0.15) is 0 Å². The molecule has 0 saturated heterocycles. The highest BCUT2D eigenvalue weighted by Crippen LogP contribution is 2.08. The smallest absolute Gasteiger partial charge is 0.0765 e. The topological polar surface area (TPSA) is 12.4 Å². The van der Waals surface area contributed by atoms with Crippen molar-refractivity contribution in [3.05, 3.63) is 11.8 Å². The molecule has 2 heteroatoms. The van der Waals surface area contributed by atoms with Crippen molar-refractivity contribution in [1.82, 2.24) is 0 Å². The largest absolute Gasteiger partial charge is 0.298 e. The maximum absolute atomic E-state index is 4.49. The summed E-state index contributed by atoms with van der Waals surface area (Å²) in [6, 6.07) is 1.19. The molecule has 0 bridgehead atoms. The zero-order valence-electron chi connectivity index (χ0n) is 10.9. The van der Waals surface area contributed by atoms with Gasteiger partial charge in [-0.15, -0.1) is 0 Å². The first-order chi connectivity index (χ1) is 7.12. The van der Waals surface area contributed by atoms with E-state index in [-0.39, 0.29) is 0 Å². The minimum Gasteiger partial charge on any atom is -0.298 e. The SMILES string of the molecule is CC=C[Si](C)(C)CC=NCCCCCC. The van der Waals surface area contributed by atoms with Crippen molar-refractivity contribution in [3.8, 4) is 0 Å². The molecule has 1 nitrogen and oxygen atoms in total. The van der Waals surface area contributed by atoms with Gasteiger partial charge in [0.2, 0.25) is 0 Å². The predicted octanol–water partition coefficient (Wildman–Crippen LogP) is 4.46. The first-order valence-corrected chi connectivity index (χ1v) is 9.53. The molecule has 0 amide bonds. The lowest BCUT2D eigenvalue weighted by molar-refractivity contribution is 0.676. The third-order valence-electron chi connectivity index (χ3n) is 2.51. The number of nitrogens with zero attached hydrogens (tertiary/aromatic N) is 1. The molecule has 15 heavy (non-hydrogen) atoms. The molecule has 88 valence electrons. The molecule has 0 atom stereocenters. The molecule has 0 aromatic heterocycles. The second-order valence-electron chi connectivity index (χ2n) is 4.84. The van der Waals surface area contributed by atoms with Gasteiger partial charge in [-0.05, 0) is 25.6 Å². The van der Waals surface area contributed by atoms with E-state index in [9.17, 15) is 0 Å². The molecule has 0 fully saturated rings. The van der Waals surface area contributed by atoms with Crippen molar-refractivity contribution < 1.29 is 0 Å². The second-order valence-corrected chi connectivity index (χ2v) is 9.56. The van der Waals surface area contributed by atoms with Gasteiger partial charge < -0.3 is 0 Å². The maximum atomic E-state index is 4.49. The Bertz CT molecular complexity index is 195. The molecule has 0 unspecified atom stereocenters. The van der Waals surface area contributed by atoms with Gasteiger partial charge in [-0.1, -0.05) is 51.1 Å². The highest BCUT2D eigenvalue weighted by Gasteiger charge is 2.13. The van der Waals surface area contributed by atoms with Gasteiger partial charge in [0, 0.05) is 6.54 Å². The van der Waals surface area contributed by atoms with E-state index in [0.717, 1.165) is 6.54 Å². The minimum absolute atomic E-state index is 1.03. The number of hydrogen-bond acceptors (Lipinski definition) is 1. The minimum atomic E-state index is -1.11. The Morgan fingerprint density at radius 3 is 2.47 bits per heavy atom. The summed E-state index contributed by atoms with van der Waals surface area (Å²) in [6.45, 7) is 10.2. The van der Waals surface area contributed by atoms with Crippen molar-refractivity contribution in [1.29, 1.82) is 0 Å². The lowest BCUT2D eigenvalue weighted by atomic mass is 10.2. The van der Waals surface area contributed by atoms with Crippen LogP contribution in [0.3, 0.4) is 0 Å². The van der Waals surface area contributed by atoms with E-state index >= 15 is 0 Å². The molecule has 0 saturated carbocycles. The zero-order chi connectivity index (χ0) is 11.6. The molecular weight excluding hydrogens is 198 g/mol. The Labute approximate surface area is 96.7 Å². The standard InChI is InChI=1S/C13H27NSi/c1-5-7-8-9-10-14-11-13-15(3,4)12-6-2/h6,11-12H,5,7-10,13H2,1-4H3. The summed E-state index contributed by atoms with van der Waals surface area (Å²) in [5, 5.41) is 0. The van der Waals surface area contributed by atoms with Crippen LogP contribution in [0.25, 0.3) is 0 Å². The lowest BCUT2D eigenvalue weighted by Crippen LogP contribution is -2.22. The van der Waals surface area contributed by atoms with Gasteiger partial charge in [-0.3, -0.25) is 4.99 Å². The van der Waals surface area contributed by atoms with Gasteiger partial charge in [0.15, 0.2) is 0 Å². The molecule has 0 heterocycles. The summed E-state index contributed by atoms with van der Waals surface area (Å²) in [5.41, 5.74) is 2.39. The van der Waals surface area contributed by atoms with Gasteiger partial charge in [-0.2, -0.15) is 0 Å². The molecule has 0 aliphatic rings. The molecule has 0 aliphatic heterocycles. The highest BCUT2D eigenvalue weighted by atomic mass is 28.3. The first kappa shape index (κ1) is 14.6. The van der Waals surface area contributed by atoms with Crippen LogP contribution in [-0.2, 0) is 0 Å². The summed E-state index contributed by atoms with van der Waals surface area (Å²) in [6.07, 6.45) is 9.60. The van der Waals surface area contributed by atoms with Crippen LogP contribution in [0, 0.1) is 0 Å². The van der Waals surface area contributed by atoms with Gasteiger partial charge in [0.25, 0.3) is 0 Å². The Morgan fingerprint density at radius 2 is 1.87 bits per heavy atom. The van der Waals surface area contributed by atoms with Crippen LogP contribution in [0.5, 0.6) is 0 Å². The number of rotatable bonds is 8. The molecule has 0 radical (unpaired) electrons. The molecule has 0 N–H and O–H groups in total. The van der Waals surface area contributed by atoms with Gasteiger partial charge >= 0.3 is 0 Å². The second kappa shape index (κ2) is 8.90. The molecule has 0 spiro atoms. The van der Waals surface area contributed by atoms with Crippen molar-refractivity contribution in [2.24, 2.45) is 4.99 Å². The fraction of sp³-hybridized carbons (Fsp3) is 0.769. The van der Waals surface area contributed by atoms with E-state index in [1.54, 1.807) is 0 Å². The number of hydrogen-bond donors (Lipinski definition) is 0. The van der Waals surface area contributed by atoms with Gasteiger partial charge in [-0.25, -0.2) is 0 Å². The summed E-state index contributed by atoms with van der Waals surface area (Å²) in [5.74, 6) is 0. The average molecular weight is 225 g/mol. The van der Waals surface area contributed by atoms with Crippen LogP contribution < -0.4 is 0 Å². The van der Waals surface area contributed by atoms with Gasteiger partial charge in [0.05, 0.1) is 8.07 Å². The Morgan fingerprint density at radius 1 is 1.13 bits per heavy atom. The number of allylic oxidation sites excluding steroid dienone is 1. The molecule has 0 aromatic carbocycles. The van der Waals surface area contributed by atoms with E-state index in [1.807, 2.05) is 0 Å². The quantitative estimate of drug-likeness (QED) is 0.328. The van der Waals surface area contributed by atoms with Crippen molar-refractivity contribution >= 4 is 14.3 Å². The first-order valence-electron chi connectivity index (χ1n) is 6.24. The third kappa shape index (κ3) is 9.92. The summed E-state index contributed by atoms with van der Waals surface area (Å²) < 4.78 is 0. The molecule has 0 aromatic rings. The normalized spacial score (nSPS) is 13.1. The van der Waals surface area contributed by atoms with Crippen LogP contribution in [0.2, 0.25) is 19.1 Å². The molecule has 0 rings (SSSR count). The van der Waals surface area contributed by atoms with E-state index < -0.39 is 8.07 Å². The lowest BCUT2D eigenvalue weighted by Gasteiger charge is -2.13. The Kier molecular flexibility index (Phi) is 8.68. The number of unbranched alkanes of at least 4 members (excludes halogenated alkanes) is 3. The summed E-state index contributed by atoms with van der Waals surface area (Å²) in [4.78, 5) is 4.49. The molecular formula is C13H27NSi.